The lowest BCUT2D eigenvalue weighted by atomic mass is 9.91. The summed E-state index contributed by atoms with van der Waals surface area (Å²) in [6, 6.07) is 6.80. The van der Waals surface area contributed by atoms with Gasteiger partial charge in [-0.1, -0.05) is 25.6 Å². The molecule has 1 aromatic heterocycles. The predicted molar refractivity (Wildman–Crippen MR) is 238 cm³/mol. The van der Waals surface area contributed by atoms with Crippen molar-refractivity contribution in [1.29, 1.82) is 5.41 Å². The van der Waals surface area contributed by atoms with Gasteiger partial charge in [-0.3, -0.25) is 4.99 Å². The summed E-state index contributed by atoms with van der Waals surface area (Å²) in [6.07, 6.45) is 6.55. The Hall–Kier alpha value is -4.07. The molecule has 1 aliphatic rings. The van der Waals surface area contributed by atoms with Crippen LogP contribution in [-0.2, 0) is 26.3 Å². The fourth-order valence-electron chi connectivity index (χ4n) is 6.89. The molecule has 0 amide bonds. The second-order valence-corrected chi connectivity index (χ2v) is 15.1. The quantitative estimate of drug-likeness (QED) is 0.157. The van der Waals surface area contributed by atoms with E-state index in [2.05, 4.69) is 133 Å². The molecule has 0 atom stereocenters. The summed E-state index contributed by atoms with van der Waals surface area (Å²) in [4.78, 5) is 11.3. The Bertz CT molecular complexity index is 1870. The highest BCUT2D eigenvalue weighted by atomic mass is 15.2. The molecule has 298 valence electrons. The maximum atomic E-state index is 7.55. The molecule has 3 aromatic carbocycles. The summed E-state index contributed by atoms with van der Waals surface area (Å²) in [5, 5.41) is 10.4. The molecule has 0 spiro atoms. The molecule has 5 rings (SSSR count). The van der Waals surface area contributed by atoms with Gasteiger partial charge in [0, 0.05) is 71.1 Å². The number of aromatic nitrogens is 2. The van der Waals surface area contributed by atoms with Crippen LogP contribution < -0.4 is 11.1 Å². The zero-order valence-electron chi connectivity index (χ0n) is 36.2. The van der Waals surface area contributed by atoms with Crippen LogP contribution in [0.3, 0.4) is 0 Å². The minimum atomic E-state index is 0. The van der Waals surface area contributed by atoms with Crippen molar-refractivity contribution >= 4 is 11.5 Å². The Balaban J connectivity index is 0.000000379. The van der Waals surface area contributed by atoms with Gasteiger partial charge in [-0.25, -0.2) is 4.98 Å². The first-order valence-corrected chi connectivity index (χ1v) is 19.1. The van der Waals surface area contributed by atoms with E-state index in [9.17, 15) is 0 Å². The van der Waals surface area contributed by atoms with E-state index < -0.39 is 0 Å². The van der Waals surface area contributed by atoms with Crippen molar-refractivity contribution in [1.82, 2.24) is 19.8 Å². The van der Waals surface area contributed by atoms with Gasteiger partial charge in [-0.2, -0.15) is 0 Å². The van der Waals surface area contributed by atoms with Gasteiger partial charge in [0.15, 0.2) is 0 Å². The van der Waals surface area contributed by atoms with Crippen molar-refractivity contribution in [3.63, 3.8) is 0 Å². The van der Waals surface area contributed by atoms with Crippen molar-refractivity contribution in [2.24, 2.45) is 17.8 Å². The third-order valence-corrected chi connectivity index (χ3v) is 11.1. The lowest BCUT2D eigenvalue weighted by molar-refractivity contribution is 0.548. The summed E-state index contributed by atoms with van der Waals surface area (Å²) in [5.41, 5.74) is 26.6. The number of aliphatic imine (C=N–C) groups is 1. The van der Waals surface area contributed by atoms with Crippen molar-refractivity contribution in [3.8, 4) is 0 Å². The Morgan fingerprint density at radius 2 is 1.15 bits per heavy atom. The van der Waals surface area contributed by atoms with E-state index in [1.165, 1.54) is 89.3 Å². The zero-order valence-corrected chi connectivity index (χ0v) is 36.2. The number of nitrogens with two attached hydrogens (primary N) is 1. The fraction of sp³-hybridized carbons (Fsp3) is 0.511. The standard InChI is InChI=1S/C15H22N2.C15H20N2.C13H19N.C3H10N2.CH4/c2*1-10-8-11(2)14(13(4)12(10)3)9-15-16-6-7-17(15)5;1-8-6-9(2)13(7-10(3)14)12(5)11(8)4;1-5-3-2-4;/h8H,6-7,9H2,1-5H3;6-8H,9H2,1-5H3;6,14H,7H2,1-5H3;5H,2-4H2,1H3;1H4. The smallest absolute Gasteiger partial charge is 0.112 e. The van der Waals surface area contributed by atoms with Gasteiger partial charge >= 0.3 is 0 Å². The van der Waals surface area contributed by atoms with Crippen LogP contribution in [-0.4, -0.2) is 66.3 Å². The lowest BCUT2D eigenvalue weighted by Gasteiger charge is -2.18. The monoisotopic (exact) mass is 738 g/mol. The highest BCUT2D eigenvalue weighted by Gasteiger charge is 2.17. The Morgan fingerprint density at radius 1 is 0.704 bits per heavy atom. The van der Waals surface area contributed by atoms with Crippen LogP contribution in [0.15, 0.2) is 35.6 Å². The SMILES string of the molecule is C.CC(=N)Cc1c(C)cc(C)c(C)c1C.CNCCN.Cc1cc(C)c(CC2=NCCN2C)c(C)c1C.Cc1cc(C)c(Cc2nccn2C)c(C)c1C. The van der Waals surface area contributed by atoms with Gasteiger partial charge in [-0.15, -0.1) is 0 Å². The summed E-state index contributed by atoms with van der Waals surface area (Å²) >= 11 is 0. The molecule has 0 saturated carbocycles. The average molecular weight is 738 g/mol. The molecule has 0 radical (unpaired) electrons. The maximum absolute atomic E-state index is 7.55. The maximum Gasteiger partial charge on any atom is 0.112 e. The number of hydrogen-bond acceptors (Lipinski definition) is 6. The number of nitrogens with one attached hydrogen (secondary N) is 2. The lowest BCUT2D eigenvalue weighted by Crippen LogP contribution is -2.25. The van der Waals surface area contributed by atoms with Gasteiger partial charge in [-0.05, 0) is 181 Å². The molecule has 4 N–H and O–H groups in total. The van der Waals surface area contributed by atoms with Gasteiger partial charge in [0.2, 0.25) is 0 Å². The van der Waals surface area contributed by atoms with Crippen LogP contribution in [0.5, 0.6) is 0 Å². The van der Waals surface area contributed by atoms with Crippen molar-refractivity contribution in [3.05, 3.63) is 120 Å². The Morgan fingerprint density at radius 3 is 1.50 bits per heavy atom. The number of hydrogen-bond donors (Lipinski definition) is 3. The minimum Gasteiger partial charge on any atom is -0.361 e. The third-order valence-electron chi connectivity index (χ3n) is 11.1. The molecule has 0 bridgehead atoms. The fourth-order valence-corrected chi connectivity index (χ4v) is 6.89. The van der Waals surface area contributed by atoms with Gasteiger partial charge in [0.25, 0.3) is 0 Å². The number of benzene rings is 3. The molecule has 7 nitrogen and oxygen atoms in total. The van der Waals surface area contributed by atoms with Gasteiger partial charge in [0.1, 0.15) is 11.7 Å². The first kappa shape index (κ1) is 48.0. The Labute approximate surface area is 330 Å². The van der Waals surface area contributed by atoms with E-state index in [4.69, 9.17) is 11.1 Å². The highest BCUT2D eigenvalue weighted by Crippen LogP contribution is 2.25. The van der Waals surface area contributed by atoms with E-state index in [1.807, 2.05) is 33.4 Å². The average Bonchev–Trinajstić information content (AvgIpc) is 3.71. The van der Waals surface area contributed by atoms with E-state index in [-0.39, 0.29) is 7.43 Å². The number of rotatable bonds is 8. The summed E-state index contributed by atoms with van der Waals surface area (Å²) in [6.45, 7) is 31.8. The molecule has 0 unspecified atom stereocenters. The summed E-state index contributed by atoms with van der Waals surface area (Å²) < 4.78 is 2.09. The summed E-state index contributed by atoms with van der Waals surface area (Å²) in [7, 11) is 6.07. The predicted octanol–water partition coefficient (Wildman–Crippen LogP) is 9.35. The second kappa shape index (κ2) is 22.3. The molecular formula is C47H75N7. The summed E-state index contributed by atoms with van der Waals surface area (Å²) in [5.74, 6) is 2.36. The second-order valence-electron chi connectivity index (χ2n) is 15.1. The third kappa shape index (κ3) is 13.1. The molecule has 4 aromatic rings. The van der Waals surface area contributed by atoms with Crippen LogP contribution in [0, 0.1) is 88.5 Å². The van der Waals surface area contributed by atoms with Crippen LogP contribution in [0.1, 0.15) is 104 Å². The zero-order chi connectivity index (χ0) is 40.2. The molecule has 0 fully saturated rings. The van der Waals surface area contributed by atoms with E-state index in [1.54, 1.807) is 0 Å². The number of aryl methyl sites for hydroxylation is 7. The molecule has 0 aliphatic carbocycles. The van der Waals surface area contributed by atoms with Crippen LogP contribution in [0.2, 0.25) is 0 Å². The first-order chi connectivity index (χ1) is 24.9. The van der Waals surface area contributed by atoms with Crippen LogP contribution in [0.4, 0.5) is 0 Å². The molecule has 1 aliphatic heterocycles. The topological polar surface area (TPSA) is 95.3 Å². The number of nitrogens with zero attached hydrogens (tertiary/aromatic N) is 4. The van der Waals surface area contributed by atoms with Crippen molar-refractivity contribution < 1.29 is 0 Å². The molecule has 54 heavy (non-hydrogen) atoms. The minimum absolute atomic E-state index is 0. The number of imidazole rings is 1. The number of likely N-dealkylation sites (N-methyl/N-ethyl adjacent to an activating group) is 2. The van der Waals surface area contributed by atoms with Gasteiger partial charge < -0.3 is 25.9 Å². The van der Waals surface area contributed by atoms with E-state index in [0.717, 1.165) is 57.0 Å². The first-order valence-electron chi connectivity index (χ1n) is 19.1. The largest absolute Gasteiger partial charge is 0.361 e. The van der Waals surface area contributed by atoms with Crippen LogP contribution >= 0.6 is 0 Å². The molecule has 7 heteroatoms. The van der Waals surface area contributed by atoms with Crippen LogP contribution in [0.25, 0.3) is 0 Å². The number of amidine groups is 1. The molecule has 2 heterocycles. The van der Waals surface area contributed by atoms with Crippen molar-refractivity contribution in [2.75, 3.05) is 40.3 Å². The Kier molecular flexibility index (Phi) is 19.8. The van der Waals surface area contributed by atoms with E-state index >= 15 is 0 Å². The van der Waals surface area contributed by atoms with E-state index in [0.29, 0.717) is 0 Å². The molecular weight excluding hydrogens is 663 g/mol. The normalized spacial score (nSPS) is 11.7. The molecule has 0 saturated heterocycles. The highest BCUT2D eigenvalue weighted by molar-refractivity contribution is 5.86. The van der Waals surface area contributed by atoms with Crippen molar-refractivity contribution in [2.45, 2.75) is 117 Å². The van der Waals surface area contributed by atoms with Gasteiger partial charge in [0.05, 0.1) is 6.54 Å².